The minimum absolute atomic E-state index is 0.0767. The lowest BCUT2D eigenvalue weighted by Crippen LogP contribution is -2.11. The minimum atomic E-state index is -2.70. The van der Waals surface area contributed by atoms with E-state index in [4.69, 9.17) is 10.5 Å². The third-order valence-corrected chi connectivity index (χ3v) is 2.25. The molecule has 1 aromatic rings. The van der Waals surface area contributed by atoms with Crippen molar-refractivity contribution >= 4 is 11.8 Å². The maximum absolute atomic E-state index is 12.6. The quantitative estimate of drug-likeness (QED) is 0.823. The SMILES string of the molecule is CCOC(=O)Cc1cc(C(F)F)c(N)nc1C. The monoisotopic (exact) mass is 244 g/mol. The van der Waals surface area contributed by atoms with E-state index in [-0.39, 0.29) is 24.4 Å². The smallest absolute Gasteiger partial charge is 0.310 e. The topological polar surface area (TPSA) is 65.2 Å². The van der Waals surface area contributed by atoms with Crippen molar-refractivity contribution in [2.45, 2.75) is 26.7 Å². The number of nitrogens with zero attached hydrogens (tertiary/aromatic N) is 1. The fourth-order valence-electron chi connectivity index (χ4n) is 1.40. The molecule has 0 spiro atoms. The van der Waals surface area contributed by atoms with Crippen LogP contribution in [0.15, 0.2) is 6.07 Å². The largest absolute Gasteiger partial charge is 0.466 e. The van der Waals surface area contributed by atoms with Crippen LogP contribution in [0.3, 0.4) is 0 Å². The van der Waals surface area contributed by atoms with E-state index in [1.807, 2.05) is 0 Å². The number of anilines is 1. The summed E-state index contributed by atoms with van der Waals surface area (Å²) in [5.41, 5.74) is 5.89. The summed E-state index contributed by atoms with van der Waals surface area (Å²) in [6.07, 6.45) is -2.78. The number of esters is 1. The van der Waals surface area contributed by atoms with E-state index in [1.165, 1.54) is 6.07 Å². The summed E-state index contributed by atoms with van der Waals surface area (Å²) in [4.78, 5) is 15.1. The van der Waals surface area contributed by atoms with E-state index in [0.29, 0.717) is 11.3 Å². The van der Waals surface area contributed by atoms with E-state index in [2.05, 4.69) is 4.98 Å². The lowest BCUT2D eigenvalue weighted by Gasteiger charge is -2.10. The maximum atomic E-state index is 12.6. The number of ether oxygens (including phenoxy) is 1. The van der Waals surface area contributed by atoms with Crippen LogP contribution < -0.4 is 5.73 Å². The highest BCUT2D eigenvalue weighted by atomic mass is 19.3. The van der Waals surface area contributed by atoms with Gasteiger partial charge in [0, 0.05) is 5.69 Å². The predicted octanol–water partition coefficient (Wildman–Crippen LogP) is 2.02. The Balaban J connectivity index is 2.99. The summed E-state index contributed by atoms with van der Waals surface area (Å²) in [5, 5.41) is 0. The Morgan fingerprint density at radius 2 is 2.24 bits per heavy atom. The predicted molar refractivity (Wildman–Crippen MR) is 58.7 cm³/mol. The van der Waals surface area contributed by atoms with Gasteiger partial charge in [-0.05, 0) is 25.5 Å². The molecule has 0 aliphatic rings. The normalized spacial score (nSPS) is 10.6. The number of carbonyl (C=O) groups is 1. The van der Waals surface area contributed by atoms with Crippen molar-refractivity contribution in [2.75, 3.05) is 12.3 Å². The van der Waals surface area contributed by atoms with Crippen molar-refractivity contribution in [2.24, 2.45) is 0 Å². The lowest BCUT2D eigenvalue weighted by molar-refractivity contribution is -0.142. The van der Waals surface area contributed by atoms with Gasteiger partial charge in [0.15, 0.2) is 0 Å². The molecule has 0 aromatic carbocycles. The van der Waals surface area contributed by atoms with Crippen LogP contribution in [0.5, 0.6) is 0 Å². The van der Waals surface area contributed by atoms with E-state index in [9.17, 15) is 13.6 Å². The second kappa shape index (κ2) is 5.56. The molecule has 6 heteroatoms. The van der Waals surface area contributed by atoms with E-state index >= 15 is 0 Å². The van der Waals surface area contributed by atoms with Crippen molar-refractivity contribution in [3.05, 3.63) is 22.9 Å². The molecule has 0 unspecified atom stereocenters. The van der Waals surface area contributed by atoms with Crippen molar-refractivity contribution in [3.63, 3.8) is 0 Å². The van der Waals surface area contributed by atoms with E-state index < -0.39 is 12.4 Å². The van der Waals surface area contributed by atoms with Gasteiger partial charge in [-0.3, -0.25) is 4.79 Å². The van der Waals surface area contributed by atoms with Crippen molar-refractivity contribution in [1.82, 2.24) is 4.98 Å². The van der Waals surface area contributed by atoms with Crippen LogP contribution in [0.2, 0.25) is 0 Å². The second-order valence-corrected chi connectivity index (χ2v) is 3.49. The molecule has 0 aliphatic carbocycles. The lowest BCUT2D eigenvalue weighted by atomic mass is 10.1. The minimum Gasteiger partial charge on any atom is -0.466 e. The van der Waals surface area contributed by atoms with Crippen LogP contribution in [0, 0.1) is 6.92 Å². The van der Waals surface area contributed by atoms with Gasteiger partial charge in [-0.25, -0.2) is 13.8 Å². The molecule has 2 N–H and O–H groups in total. The van der Waals surface area contributed by atoms with Gasteiger partial charge in [-0.2, -0.15) is 0 Å². The molecule has 0 atom stereocenters. The molecule has 1 aromatic heterocycles. The molecule has 4 nitrogen and oxygen atoms in total. The van der Waals surface area contributed by atoms with Gasteiger partial charge < -0.3 is 10.5 Å². The first-order chi connectivity index (χ1) is 7.95. The van der Waals surface area contributed by atoms with Crippen LogP contribution in [-0.2, 0) is 16.0 Å². The Morgan fingerprint density at radius 3 is 2.76 bits per heavy atom. The first-order valence-corrected chi connectivity index (χ1v) is 5.15. The molecular weight excluding hydrogens is 230 g/mol. The first kappa shape index (κ1) is 13.3. The maximum Gasteiger partial charge on any atom is 0.310 e. The molecule has 0 radical (unpaired) electrons. The van der Waals surface area contributed by atoms with Gasteiger partial charge >= 0.3 is 5.97 Å². The molecule has 0 saturated heterocycles. The Bertz CT molecular complexity index is 422. The van der Waals surface area contributed by atoms with Crippen LogP contribution >= 0.6 is 0 Å². The van der Waals surface area contributed by atoms with Crippen LogP contribution in [-0.4, -0.2) is 17.6 Å². The van der Waals surface area contributed by atoms with Gasteiger partial charge in [0.1, 0.15) is 5.82 Å². The average molecular weight is 244 g/mol. The number of hydrogen-bond donors (Lipinski definition) is 1. The van der Waals surface area contributed by atoms with Crippen LogP contribution in [0.4, 0.5) is 14.6 Å². The number of aromatic nitrogens is 1. The number of pyridine rings is 1. The number of halogens is 2. The Morgan fingerprint density at radius 1 is 1.59 bits per heavy atom. The summed E-state index contributed by atoms with van der Waals surface area (Å²) >= 11 is 0. The van der Waals surface area contributed by atoms with E-state index in [1.54, 1.807) is 13.8 Å². The molecule has 1 heterocycles. The van der Waals surface area contributed by atoms with Crippen molar-refractivity contribution in [3.8, 4) is 0 Å². The first-order valence-electron chi connectivity index (χ1n) is 5.15. The third-order valence-electron chi connectivity index (χ3n) is 2.25. The van der Waals surface area contributed by atoms with Gasteiger partial charge in [0.05, 0.1) is 18.6 Å². The molecular formula is C11H14F2N2O2. The van der Waals surface area contributed by atoms with Crippen molar-refractivity contribution < 1.29 is 18.3 Å². The number of carbonyl (C=O) groups excluding carboxylic acids is 1. The van der Waals surface area contributed by atoms with Crippen LogP contribution in [0.1, 0.15) is 30.2 Å². The molecule has 17 heavy (non-hydrogen) atoms. The molecule has 0 aliphatic heterocycles. The summed E-state index contributed by atoms with van der Waals surface area (Å²) in [6.45, 7) is 3.54. The standard InChI is InChI=1S/C11H14F2N2O2/c1-3-17-9(16)5-7-4-8(10(12)13)11(14)15-6(7)2/h4,10H,3,5H2,1-2H3,(H2,14,15). The zero-order chi connectivity index (χ0) is 13.0. The molecule has 1 rings (SSSR count). The fraction of sp³-hybridized carbons (Fsp3) is 0.455. The van der Waals surface area contributed by atoms with Gasteiger partial charge in [0.2, 0.25) is 0 Å². The van der Waals surface area contributed by atoms with Gasteiger partial charge in [0.25, 0.3) is 6.43 Å². The number of nitrogen functional groups attached to an aromatic ring is 1. The Kier molecular flexibility index (Phi) is 4.37. The number of aryl methyl sites for hydroxylation is 1. The van der Waals surface area contributed by atoms with Gasteiger partial charge in [-0.15, -0.1) is 0 Å². The molecule has 0 fully saturated rings. The zero-order valence-corrected chi connectivity index (χ0v) is 9.67. The number of rotatable bonds is 4. The number of nitrogens with two attached hydrogens (primary N) is 1. The zero-order valence-electron chi connectivity index (χ0n) is 9.67. The fourth-order valence-corrected chi connectivity index (χ4v) is 1.40. The summed E-state index contributed by atoms with van der Waals surface area (Å²) in [7, 11) is 0. The Hall–Kier alpha value is -1.72. The molecule has 0 amide bonds. The Labute approximate surface area is 97.8 Å². The number of alkyl halides is 2. The van der Waals surface area contributed by atoms with Crippen molar-refractivity contribution in [1.29, 1.82) is 0 Å². The molecule has 0 saturated carbocycles. The van der Waals surface area contributed by atoms with E-state index in [0.717, 1.165) is 0 Å². The van der Waals surface area contributed by atoms with Gasteiger partial charge in [-0.1, -0.05) is 0 Å². The highest BCUT2D eigenvalue weighted by Crippen LogP contribution is 2.25. The third kappa shape index (κ3) is 3.37. The molecule has 94 valence electrons. The summed E-state index contributed by atoms with van der Waals surface area (Å²) < 4.78 is 29.9. The summed E-state index contributed by atoms with van der Waals surface area (Å²) in [6, 6.07) is 1.21. The highest BCUT2D eigenvalue weighted by molar-refractivity contribution is 5.73. The van der Waals surface area contributed by atoms with Crippen LogP contribution in [0.25, 0.3) is 0 Å². The number of hydrogen-bond acceptors (Lipinski definition) is 4. The summed E-state index contributed by atoms with van der Waals surface area (Å²) in [5.74, 6) is -0.674. The second-order valence-electron chi connectivity index (χ2n) is 3.49. The highest BCUT2D eigenvalue weighted by Gasteiger charge is 2.16. The average Bonchev–Trinajstić information content (AvgIpc) is 2.21. The molecule has 0 bridgehead atoms.